The first-order chi connectivity index (χ1) is 4.22. The minimum absolute atomic E-state index is 0.288. The number of rotatable bonds is 1. The maximum Gasteiger partial charge on any atom is 0.216 e. The molecule has 2 rings (SSSR count). The summed E-state index contributed by atoms with van der Waals surface area (Å²) in [6, 6.07) is 0.441. The maximum absolute atomic E-state index is 13.2. The highest BCUT2D eigenvalue weighted by molar-refractivity contribution is 6.16. The van der Waals surface area contributed by atoms with Gasteiger partial charge in [-0.05, 0) is 0 Å². The number of piperazine rings is 1. The van der Waals surface area contributed by atoms with Gasteiger partial charge in [-0.2, -0.15) is 0 Å². The van der Waals surface area contributed by atoms with E-state index in [1.807, 2.05) is 0 Å². The van der Waals surface area contributed by atoms with Gasteiger partial charge in [0.2, 0.25) is 19.1 Å². The number of hydrogen-bond acceptors (Lipinski definition) is 0. The number of quaternary nitrogens is 2. The smallest absolute Gasteiger partial charge is 0.109 e. The molecule has 0 aromatic heterocycles. The molecule has 52 valence electrons. The molecule has 0 atom stereocenters. The number of hydrogen-bond donors (Lipinski definition) is 0. The van der Waals surface area contributed by atoms with Crippen molar-refractivity contribution in [2.24, 2.45) is 0 Å². The molecule has 0 spiro atoms. The Kier molecular flexibility index (Phi) is 0.924. The second kappa shape index (κ2) is 1.41. The third-order valence-corrected chi connectivity index (χ3v) is 3.15. The second-order valence-electron chi connectivity index (χ2n) is 2.93. The molecule has 2 aliphatic heterocycles. The first-order valence-corrected chi connectivity index (χ1v) is 3.75. The van der Waals surface area contributed by atoms with Gasteiger partial charge in [0.05, 0.1) is 4.48 Å². The first kappa shape index (κ1) is 5.89. The van der Waals surface area contributed by atoms with E-state index in [0.29, 0.717) is 23.7 Å². The molecule has 0 unspecified atom stereocenters. The van der Waals surface area contributed by atoms with Gasteiger partial charge in [0.25, 0.3) is 0 Å². The molecule has 2 nitrogen and oxygen atoms in total. The molecule has 0 saturated carbocycles. The Labute approximate surface area is 58.5 Å². The van der Waals surface area contributed by atoms with Gasteiger partial charge in [0.1, 0.15) is 0 Å². The molecular formula is C5H10ClFN2+2. The van der Waals surface area contributed by atoms with Crippen molar-refractivity contribution < 1.29 is 13.9 Å². The van der Waals surface area contributed by atoms with Crippen molar-refractivity contribution in [3.05, 3.63) is 0 Å². The van der Waals surface area contributed by atoms with E-state index in [1.54, 1.807) is 0 Å². The van der Waals surface area contributed by atoms with Crippen LogP contribution in [-0.4, -0.2) is 41.6 Å². The van der Waals surface area contributed by atoms with E-state index in [1.165, 1.54) is 0 Å². The number of halogens is 2. The number of fused-ring (bicyclic) bond motifs is 1. The minimum Gasteiger partial charge on any atom is -0.109 e. The van der Waals surface area contributed by atoms with Crippen LogP contribution in [0.25, 0.3) is 0 Å². The Morgan fingerprint density at radius 2 is 1.78 bits per heavy atom. The minimum atomic E-state index is -0.288. The van der Waals surface area contributed by atoms with Gasteiger partial charge in [-0.1, -0.05) is 11.6 Å². The van der Waals surface area contributed by atoms with E-state index in [0.717, 1.165) is 13.1 Å². The van der Waals surface area contributed by atoms with Crippen LogP contribution in [0.3, 0.4) is 0 Å². The van der Waals surface area contributed by atoms with Crippen LogP contribution in [0.4, 0.5) is 4.48 Å². The lowest BCUT2D eigenvalue weighted by Crippen LogP contribution is -2.89. The summed E-state index contributed by atoms with van der Waals surface area (Å²) in [4.78, 5) is -0.288. The third kappa shape index (κ3) is 0.449. The van der Waals surface area contributed by atoms with Gasteiger partial charge in [-0.15, -0.1) is 4.59 Å². The SMILES string of the molecule is F[N+]12CC[N+]1(CCl)CC2. The zero-order chi connectivity index (χ0) is 6.54. The molecule has 2 heterocycles. The number of nitrogens with zero attached hydrogens (tertiary/aromatic N) is 2. The van der Waals surface area contributed by atoms with E-state index in [9.17, 15) is 4.48 Å². The lowest BCUT2D eigenvalue weighted by Gasteiger charge is -2.57. The molecule has 0 aromatic rings. The van der Waals surface area contributed by atoms with E-state index in [-0.39, 0.29) is 4.81 Å². The highest BCUT2D eigenvalue weighted by Crippen LogP contribution is 2.41. The Morgan fingerprint density at radius 3 is 1.78 bits per heavy atom. The van der Waals surface area contributed by atoms with Crippen molar-refractivity contribution in [2.75, 3.05) is 32.2 Å². The third-order valence-electron chi connectivity index (χ3n) is 2.70. The van der Waals surface area contributed by atoms with Crippen LogP contribution < -0.4 is 0 Å². The lowest BCUT2D eigenvalue weighted by molar-refractivity contribution is -1.63. The van der Waals surface area contributed by atoms with Gasteiger partial charge in [-0.3, -0.25) is 0 Å². The molecule has 0 bridgehead atoms. The zero-order valence-electron chi connectivity index (χ0n) is 5.19. The van der Waals surface area contributed by atoms with Gasteiger partial charge in [-0.25, -0.2) is 0 Å². The summed E-state index contributed by atoms with van der Waals surface area (Å²) in [5.41, 5.74) is 0. The van der Waals surface area contributed by atoms with Crippen molar-refractivity contribution in [3.8, 4) is 0 Å². The van der Waals surface area contributed by atoms with Gasteiger partial charge in [0.15, 0.2) is 13.1 Å². The Bertz CT molecular complexity index is 136. The molecule has 0 amide bonds. The standard InChI is InChI=1S/C5H10ClFN2/c6-5-8-1-3-9(8,7)4-2-8/h1-5H2/q+2. The second-order valence-corrected chi connectivity index (χ2v) is 3.17. The molecule has 2 aliphatic rings. The summed E-state index contributed by atoms with van der Waals surface area (Å²) in [7, 11) is 0. The van der Waals surface area contributed by atoms with Crippen LogP contribution in [0.15, 0.2) is 0 Å². The van der Waals surface area contributed by atoms with Crippen LogP contribution in [0.5, 0.6) is 0 Å². The average molecular weight is 153 g/mol. The molecule has 2 saturated heterocycles. The Morgan fingerprint density at radius 1 is 1.22 bits per heavy atom. The van der Waals surface area contributed by atoms with Crippen molar-refractivity contribution in [2.45, 2.75) is 0 Å². The molecule has 0 aromatic carbocycles. The fourth-order valence-corrected chi connectivity index (χ4v) is 2.07. The maximum atomic E-state index is 13.2. The highest BCUT2D eigenvalue weighted by Gasteiger charge is 2.71. The molecular weight excluding hydrogens is 143 g/mol. The van der Waals surface area contributed by atoms with E-state index < -0.39 is 0 Å². The van der Waals surface area contributed by atoms with Gasteiger partial charge < -0.3 is 0 Å². The van der Waals surface area contributed by atoms with Crippen molar-refractivity contribution >= 4 is 11.6 Å². The van der Waals surface area contributed by atoms with E-state index in [4.69, 9.17) is 11.6 Å². The predicted molar refractivity (Wildman–Crippen MR) is 31.8 cm³/mol. The van der Waals surface area contributed by atoms with Gasteiger partial charge in [0, 0.05) is 4.81 Å². The molecule has 0 aliphatic carbocycles. The monoisotopic (exact) mass is 152 g/mol. The quantitative estimate of drug-likeness (QED) is 0.224. The van der Waals surface area contributed by atoms with Crippen LogP contribution in [0, 0.1) is 0 Å². The first-order valence-electron chi connectivity index (χ1n) is 3.22. The summed E-state index contributed by atoms with van der Waals surface area (Å²) >= 11 is 5.60. The molecule has 0 N–H and O–H groups in total. The van der Waals surface area contributed by atoms with Crippen LogP contribution >= 0.6 is 11.6 Å². The topological polar surface area (TPSA) is 0 Å². The van der Waals surface area contributed by atoms with Crippen LogP contribution in [0.1, 0.15) is 0 Å². The molecule has 2 fully saturated rings. The van der Waals surface area contributed by atoms with Crippen molar-refractivity contribution in [3.63, 3.8) is 0 Å². The summed E-state index contributed by atoms with van der Waals surface area (Å²) in [5.74, 6) is 0. The van der Waals surface area contributed by atoms with Crippen LogP contribution in [0.2, 0.25) is 0 Å². The summed E-state index contributed by atoms with van der Waals surface area (Å²) in [6.07, 6.45) is 0. The zero-order valence-corrected chi connectivity index (χ0v) is 5.94. The van der Waals surface area contributed by atoms with Crippen molar-refractivity contribution in [1.29, 1.82) is 0 Å². The summed E-state index contributed by atoms with van der Waals surface area (Å²) in [6.45, 7) is 3.21. The Hall–Kier alpha value is 0.140. The van der Waals surface area contributed by atoms with Gasteiger partial charge >= 0.3 is 0 Å². The Balaban J connectivity index is 2.16. The molecule has 9 heavy (non-hydrogen) atoms. The molecule has 4 heteroatoms. The van der Waals surface area contributed by atoms with Crippen molar-refractivity contribution in [1.82, 2.24) is 0 Å². The normalized spacial score (nSPS) is 55.3. The highest BCUT2D eigenvalue weighted by atomic mass is 35.5. The summed E-state index contributed by atoms with van der Waals surface area (Å²) in [5, 5.41) is 0. The number of alkyl halides is 1. The predicted octanol–water partition coefficient (Wildman–Crippen LogP) is 0.643. The molecule has 0 radical (unpaired) electrons. The summed E-state index contributed by atoms with van der Waals surface area (Å²) < 4.78 is 13.7. The largest absolute Gasteiger partial charge is 0.216 e. The lowest BCUT2D eigenvalue weighted by atomic mass is 10.2. The fourth-order valence-electron chi connectivity index (χ4n) is 1.64. The van der Waals surface area contributed by atoms with Crippen LogP contribution in [-0.2, 0) is 0 Å². The van der Waals surface area contributed by atoms with E-state index >= 15 is 0 Å². The van der Waals surface area contributed by atoms with E-state index in [2.05, 4.69) is 0 Å². The average Bonchev–Trinajstić information content (AvgIpc) is 1.89. The fraction of sp³-hybridized carbons (Fsp3) is 1.00.